The van der Waals surface area contributed by atoms with E-state index in [0.717, 1.165) is 16.7 Å². The van der Waals surface area contributed by atoms with Gasteiger partial charge >= 0.3 is 5.97 Å². The fourth-order valence-corrected chi connectivity index (χ4v) is 3.03. The van der Waals surface area contributed by atoms with Crippen molar-refractivity contribution in [2.75, 3.05) is 7.11 Å². The first-order valence-electron chi connectivity index (χ1n) is 9.63. The predicted octanol–water partition coefficient (Wildman–Crippen LogP) is 3.95. The maximum Gasteiger partial charge on any atom is 0.335 e. The molecule has 29 heavy (non-hydrogen) atoms. The molecule has 6 heteroatoms. The Morgan fingerprint density at radius 1 is 1.00 bits per heavy atom. The van der Waals surface area contributed by atoms with E-state index in [2.05, 4.69) is 5.32 Å². The molecule has 6 nitrogen and oxygen atoms in total. The molecule has 0 aliphatic rings. The monoisotopic (exact) mass is 399 g/mol. The van der Waals surface area contributed by atoms with Crippen molar-refractivity contribution in [2.45, 2.75) is 46.1 Å². The molecule has 2 atom stereocenters. The third-order valence-corrected chi connectivity index (χ3v) is 4.61. The highest BCUT2D eigenvalue weighted by Crippen LogP contribution is 2.17. The fourth-order valence-electron chi connectivity index (χ4n) is 3.03. The molecule has 1 amide bonds. The molecule has 2 aromatic carbocycles. The molecule has 0 saturated carbocycles. The smallest absolute Gasteiger partial charge is 0.335 e. The number of methoxy groups -OCH3 is 1. The lowest BCUT2D eigenvalue weighted by Gasteiger charge is -2.24. The van der Waals surface area contributed by atoms with Crippen molar-refractivity contribution < 1.29 is 24.2 Å². The lowest BCUT2D eigenvalue weighted by atomic mass is 10.0. The zero-order valence-corrected chi connectivity index (χ0v) is 17.3. The number of carboxylic acid groups (broad SMARTS) is 1. The summed E-state index contributed by atoms with van der Waals surface area (Å²) in [6.45, 7) is 6.60. The maximum absolute atomic E-state index is 12.8. The molecular formula is C23H29NO5. The number of aromatic carboxylic acids is 1. The number of nitrogens with one attached hydrogen (secondary N) is 1. The standard InChI is InChI=1S/C23H29NO5/c1-15(2)21(29-14-18-7-5-6-17(12-18)13-28-4)22(25)24-16(3)19-8-10-20(11-9-19)23(26)27/h5-12,15-16,21H,13-14H2,1-4H3,(H,24,25)(H,26,27)/t16-,21?/m0/s1. The zero-order chi connectivity index (χ0) is 21.4. The molecule has 0 aliphatic carbocycles. The second kappa shape index (κ2) is 10.7. The average molecular weight is 399 g/mol. The van der Waals surface area contributed by atoms with Gasteiger partial charge in [-0.1, -0.05) is 50.2 Å². The largest absolute Gasteiger partial charge is 0.478 e. The molecule has 2 rings (SSSR count). The average Bonchev–Trinajstić information content (AvgIpc) is 2.68. The van der Waals surface area contributed by atoms with Crippen LogP contribution in [0.4, 0.5) is 0 Å². The van der Waals surface area contributed by atoms with Crippen LogP contribution in [0.5, 0.6) is 0 Å². The van der Waals surface area contributed by atoms with Gasteiger partial charge in [-0.3, -0.25) is 4.79 Å². The van der Waals surface area contributed by atoms with Crippen molar-refractivity contribution in [1.29, 1.82) is 0 Å². The van der Waals surface area contributed by atoms with Crippen molar-refractivity contribution in [3.63, 3.8) is 0 Å². The summed E-state index contributed by atoms with van der Waals surface area (Å²) in [6.07, 6.45) is -0.596. The number of carbonyl (C=O) groups is 2. The molecule has 2 N–H and O–H groups in total. The van der Waals surface area contributed by atoms with Crippen molar-refractivity contribution in [1.82, 2.24) is 5.32 Å². The second-order valence-electron chi connectivity index (χ2n) is 7.39. The molecule has 0 radical (unpaired) electrons. The van der Waals surface area contributed by atoms with Crippen LogP contribution in [0.15, 0.2) is 48.5 Å². The highest BCUT2D eigenvalue weighted by molar-refractivity contribution is 5.87. The van der Waals surface area contributed by atoms with Crippen LogP contribution in [0.2, 0.25) is 0 Å². The Morgan fingerprint density at radius 2 is 1.62 bits per heavy atom. The van der Waals surface area contributed by atoms with E-state index < -0.39 is 12.1 Å². The van der Waals surface area contributed by atoms with Crippen LogP contribution in [0.25, 0.3) is 0 Å². The van der Waals surface area contributed by atoms with Crippen LogP contribution >= 0.6 is 0 Å². The number of hydrogen-bond donors (Lipinski definition) is 2. The zero-order valence-electron chi connectivity index (χ0n) is 17.3. The molecule has 2 aromatic rings. The summed E-state index contributed by atoms with van der Waals surface area (Å²) in [5, 5.41) is 12.0. The number of carboxylic acids is 1. The van der Waals surface area contributed by atoms with Crippen LogP contribution < -0.4 is 5.32 Å². The van der Waals surface area contributed by atoms with Crippen LogP contribution in [0, 0.1) is 5.92 Å². The minimum absolute atomic E-state index is 0.00116. The third kappa shape index (κ3) is 6.69. The van der Waals surface area contributed by atoms with E-state index in [0.29, 0.717) is 13.2 Å². The molecule has 0 aliphatic heterocycles. The minimum atomic E-state index is -0.976. The Hall–Kier alpha value is -2.70. The molecule has 0 aromatic heterocycles. The molecule has 1 unspecified atom stereocenters. The Morgan fingerprint density at radius 3 is 2.17 bits per heavy atom. The van der Waals surface area contributed by atoms with E-state index in [9.17, 15) is 9.59 Å². The van der Waals surface area contributed by atoms with Crippen LogP contribution in [-0.4, -0.2) is 30.2 Å². The maximum atomic E-state index is 12.8. The molecule has 0 bridgehead atoms. The van der Waals surface area contributed by atoms with Crippen LogP contribution in [0.3, 0.4) is 0 Å². The molecule has 0 fully saturated rings. The molecule has 156 valence electrons. The first kappa shape index (κ1) is 22.6. The highest BCUT2D eigenvalue weighted by Gasteiger charge is 2.24. The van der Waals surface area contributed by atoms with E-state index in [1.54, 1.807) is 19.2 Å². The van der Waals surface area contributed by atoms with Gasteiger partial charge in [0.25, 0.3) is 0 Å². The van der Waals surface area contributed by atoms with Gasteiger partial charge in [-0.25, -0.2) is 4.79 Å². The van der Waals surface area contributed by atoms with Gasteiger partial charge in [0, 0.05) is 7.11 Å². The lowest BCUT2D eigenvalue weighted by Crippen LogP contribution is -2.40. The summed E-state index contributed by atoms with van der Waals surface area (Å²) in [5.74, 6) is -1.17. The Kier molecular flexibility index (Phi) is 8.36. The van der Waals surface area contributed by atoms with E-state index >= 15 is 0 Å². The molecule has 0 saturated heterocycles. The summed E-state index contributed by atoms with van der Waals surface area (Å²) in [4.78, 5) is 23.8. The van der Waals surface area contributed by atoms with Gasteiger partial charge in [-0.15, -0.1) is 0 Å². The molecule has 0 spiro atoms. The summed E-state index contributed by atoms with van der Waals surface area (Å²) >= 11 is 0. The van der Waals surface area contributed by atoms with E-state index in [1.807, 2.05) is 45.0 Å². The summed E-state index contributed by atoms with van der Waals surface area (Å²) in [5.41, 5.74) is 3.08. The molecule has 0 heterocycles. The van der Waals surface area contributed by atoms with Crippen molar-refractivity contribution in [3.8, 4) is 0 Å². The van der Waals surface area contributed by atoms with E-state index in [4.69, 9.17) is 14.6 Å². The SMILES string of the molecule is COCc1cccc(COC(C(=O)N[C@@H](C)c2ccc(C(=O)O)cc2)C(C)C)c1. The minimum Gasteiger partial charge on any atom is -0.478 e. The van der Waals surface area contributed by atoms with Crippen molar-refractivity contribution in [2.24, 2.45) is 5.92 Å². The Balaban J connectivity index is 1.99. The number of ether oxygens (including phenoxy) is 2. The normalized spacial score (nSPS) is 13.1. The number of amides is 1. The predicted molar refractivity (Wildman–Crippen MR) is 111 cm³/mol. The van der Waals surface area contributed by atoms with Gasteiger partial charge in [-0.05, 0) is 41.7 Å². The van der Waals surface area contributed by atoms with Gasteiger partial charge < -0.3 is 19.9 Å². The van der Waals surface area contributed by atoms with Crippen molar-refractivity contribution in [3.05, 3.63) is 70.8 Å². The fraction of sp³-hybridized carbons (Fsp3) is 0.391. The second-order valence-corrected chi connectivity index (χ2v) is 7.39. The van der Waals surface area contributed by atoms with Crippen molar-refractivity contribution >= 4 is 11.9 Å². The number of rotatable bonds is 10. The summed E-state index contributed by atoms with van der Waals surface area (Å²) in [7, 11) is 1.65. The quantitative estimate of drug-likeness (QED) is 0.632. The van der Waals surface area contributed by atoms with Crippen LogP contribution in [-0.2, 0) is 27.5 Å². The lowest BCUT2D eigenvalue weighted by molar-refractivity contribution is -0.137. The van der Waals surface area contributed by atoms with Gasteiger partial charge in [0.05, 0.1) is 24.8 Å². The highest BCUT2D eigenvalue weighted by atomic mass is 16.5. The summed E-state index contributed by atoms with van der Waals surface area (Å²) < 4.78 is 11.1. The van der Waals surface area contributed by atoms with Crippen LogP contribution in [0.1, 0.15) is 53.9 Å². The number of benzene rings is 2. The first-order valence-corrected chi connectivity index (χ1v) is 9.63. The van der Waals surface area contributed by atoms with Gasteiger partial charge in [0.1, 0.15) is 6.10 Å². The topological polar surface area (TPSA) is 84.9 Å². The number of carbonyl (C=O) groups excluding carboxylic acids is 1. The third-order valence-electron chi connectivity index (χ3n) is 4.61. The van der Waals surface area contributed by atoms with Gasteiger partial charge in [0.2, 0.25) is 5.91 Å². The molecular weight excluding hydrogens is 370 g/mol. The van der Waals surface area contributed by atoms with Gasteiger partial charge in [0.15, 0.2) is 0 Å². The van der Waals surface area contributed by atoms with E-state index in [-0.39, 0.29) is 23.4 Å². The Bertz CT molecular complexity index is 816. The first-order chi connectivity index (χ1) is 13.8. The summed E-state index contributed by atoms with van der Waals surface area (Å²) in [6, 6.07) is 14.1. The van der Waals surface area contributed by atoms with Gasteiger partial charge in [-0.2, -0.15) is 0 Å². The van der Waals surface area contributed by atoms with E-state index in [1.165, 1.54) is 12.1 Å². The number of hydrogen-bond acceptors (Lipinski definition) is 4. The Labute approximate surface area is 171 Å².